The molecular formula is C15H25N3. The van der Waals surface area contributed by atoms with Crippen molar-refractivity contribution < 1.29 is 0 Å². The van der Waals surface area contributed by atoms with Crippen LogP contribution in [0.1, 0.15) is 18.1 Å². The Hall–Kier alpha value is -0.900. The molecule has 1 atom stereocenters. The molecule has 1 unspecified atom stereocenters. The largest absolute Gasteiger partial charge is 0.314 e. The van der Waals surface area contributed by atoms with Gasteiger partial charge in [0.2, 0.25) is 0 Å². The van der Waals surface area contributed by atoms with Gasteiger partial charge in [-0.15, -0.1) is 0 Å². The van der Waals surface area contributed by atoms with Crippen LogP contribution >= 0.6 is 0 Å². The van der Waals surface area contributed by atoms with Gasteiger partial charge in [-0.25, -0.2) is 0 Å². The summed E-state index contributed by atoms with van der Waals surface area (Å²) < 4.78 is 0. The van der Waals surface area contributed by atoms with Crippen LogP contribution in [-0.4, -0.2) is 43.7 Å². The number of hydrogen-bond acceptors (Lipinski definition) is 3. The van der Waals surface area contributed by atoms with Crippen molar-refractivity contribution in [3.63, 3.8) is 0 Å². The molecule has 3 nitrogen and oxygen atoms in total. The second-order valence-corrected chi connectivity index (χ2v) is 5.19. The number of rotatable bonds is 5. The fraction of sp³-hybridized carbons (Fsp3) is 0.600. The van der Waals surface area contributed by atoms with Gasteiger partial charge in [0, 0.05) is 45.3 Å². The van der Waals surface area contributed by atoms with Crippen molar-refractivity contribution in [1.82, 2.24) is 15.5 Å². The smallest absolute Gasteiger partial charge is 0.0208 e. The molecule has 1 aliphatic rings. The molecule has 0 bridgehead atoms. The van der Waals surface area contributed by atoms with E-state index in [2.05, 4.69) is 53.6 Å². The van der Waals surface area contributed by atoms with Gasteiger partial charge in [0.05, 0.1) is 0 Å². The van der Waals surface area contributed by atoms with Crippen LogP contribution in [0, 0.1) is 6.92 Å². The quantitative estimate of drug-likeness (QED) is 0.823. The van der Waals surface area contributed by atoms with E-state index in [1.54, 1.807) is 0 Å². The molecule has 100 valence electrons. The van der Waals surface area contributed by atoms with E-state index in [4.69, 9.17) is 0 Å². The highest BCUT2D eigenvalue weighted by Crippen LogP contribution is 2.06. The highest BCUT2D eigenvalue weighted by Gasteiger charge is 2.15. The summed E-state index contributed by atoms with van der Waals surface area (Å²) in [6.45, 7) is 11.1. The predicted octanol–water partition coefficient (Wildman–Crippen LogP) is 1.38. The van der Waals surface area contributed by atoms with Gasteiger partial charge in [0.25, 0.3) is 0 Å². The van der Waals surface area contributed by atoms with E-state index in [0.29, 0.717) is 6.04 Å². The summed E-state index contributed by atoms with van der Waals surface area (Å²) in [5.74, 6) is 0. The Bertz CT molecular complexity index is 359. The van der Waals surface area contributed by atoms with Crippen LogP contribution in [0.15, 0.2) is 24.3 Å². The lowest BCUT2D eigenvalue weighted by Crippen LogP contribution is -2.50. The van der Waals surface area contributed by atoms with Crippen molar-refractivity contribution in [2.75, 3.05) is 32.7 Å². The topological polar surface area (TPSA) is 27.3 Å². The molecule has 2 rings (SSSR count). The third-order valence-corrected chi connectivity index (χ3v) is 3.79. The van der Waals surface area contributed by atoms with E-state index < -0.39 is 0 Å². The van der Waals surface area contributed by atoms with Crippen molar-refractivity contribution >= 4 is 0 Å². The molecule has 0 aliphatic carbocycles. The third-order valence-electron chi connectivity index (χ3n) is 3.79. The van der Waals surface area contributed by atoms with Crippen molar-refractivity contribution in [2.24, 2.45) is 0 Å². The van der Waals surface area contributed by atoms with E-state index in [1.165, 1.54) is 24.2 Å². The van der Waals surface area contributed by atoms with Crippen LogP contribution < -0.4 is 10.6 Å². The lowest BCUT2D eigenvalue weighted by molar-refractivity contribution is 0.181. The fourth-order valence-electron chi connectivity index (χ4n) is 2.48. The first-order valence-electron chi connectivity index (χ1n) is 6.97. The van der Waals surface area contributed by atoms with Gasteiger partial charge in [-0.3, -0.25) is 4.90 Å². The summed E-state index contributed by atoms with van der Waals surface area (Å²) in [6.07, 6.45) is 0. The minimum atomic E-state index is 0.621. The minimum Gasteiger partial charge on any atom is -0.314 e. The van der Waals surface area contributed by atoms with Crippen molar-refractivity contribution in [3.8, 4) is 0 Å². The zero-order chi connectivity index (χ0) is 12.8. The summed E-state index contributed by atoms with van der Waals surface area (Å²) >= 11 is 0. The summed E-state index contributed by atoms with van der Waals surface area (Å²) in [7, 11) is 0. The van der Waals surface area contributed by atoms with E-state index >= 15 is 0 Å². The Morgan fingerprint density at radius 3 is 2.72 bits per heavy atom. The molecule has 3 heteroatoms. The average molecular weight is 247 g/mol. The van der Waals surface area contributed by atoms with Crippen LogP contribution in [0.25, 0.3) is 0 Å². The molecule has 1 aliphatic heterocycles. The Kier molecular flexibility index (Phi) is 5.17. The van der Waals surface area contributed by atoms with Crippen LogP contribution in [-0.2, 0) is 6.54 Å². The Balaban J connectivity index is 1.73. The predicted molar refractivity (Wildman–Crippen MR) is 76.8 cm³/mol. The van der Waals surface area contributed by atoms with Crippen LogP contribution in [0.5, 0.6) is 0 Å². The molecule has 0 saturated carbocycles. The minimum absolute atomic E-state index is 0.621. The number of nitrogens with zero attached hydrogens (tertiary/aromatic N) is 1. The Labute approximate surface area is 111 Å². The molecular weight excluding hydrogens is 222 g/mol. The Morgan fingerprint density at radius 1 is 1.28 bits per heavy atom. The highest BCUT2D eigenvalue weighted by atomic mass is 15.2. The summed E-state index contributed by atoms with van der Waals surface area (Å²) in [4.78, 5) is 2.56. The summed E-state index contributed by atoms with van der Waals surface area (Å²) in [6, 6.07) is 9.22. The maximum atomic E-state index is 3.58. The van der Waals surface area contributed by atoms with Crippen molar-refractivity contribution in [3.05, 3.63) is 35.4 Å². The number of benzene rings is 1. The van der Waals surface area contributed by atoms with E-state index in [0.717, 1.165) is 26.2 Å². The highest BCUT2D eigenvalue weighted by molar-refractivity contribution is 5.25. The van der Waals surface area contributed by atoms with Crippen LogP contribution in [0.3, 0.4) is 0 Å². The molecule has 18 heavy (non-hydrogen) atoms. The summed E-state index contributed by atoms with van der Waals surface area (Å²) in [5.41, 5.74) is 2.78. The first kappa shape index (κ1) is 13.5. The molecule has 1 fully saturated rings. The molecule has 1 aromatic rings. The molecule has 1 saturated heterocycles. The second-order valence-electron chi connectivity index (χ2n) is 5.19. The van der Waals surface area contributed by atoms with Gasteiger partial charge < -0.3 is 10.6 Å². The fourth-order valence-corrected chi connectivity index (χ4v) is 2.48. The van der Waals surface area contributed by atoms with Crippen LogP contribution in [0.2, 0.25) is 0 Å². The number of hydrogen-bond donors (Lipinski definition) is 2. The average Bonchev–Trinajstić information content (AvgIpc) is 2.42. The van der Waals surface area contributed by atoms with Gasteiger partial charge in [-0.2, -0.15) is 0 Å². The van der Waals surface area contributed by atoms with Gasteiger partial charge in [-0.05, 0) is 25.0 Å². The number of piperazine rings is 1. The molecule has 0 amide bonds. The standard InChI is InChI=1S/C15H25N3/c1-13-5-3-4-6-15(13)12-17-11-14(2)18-9-7-16-8-10-18/h3-6,14,16-17H,7-12H2,1-2H3. The Morgan fingerprint density at radius 2 is 2.00 bits per heavy atom. The van der Waals surface area contributed by atoms with Gasteiger partial charge in [-0.1, -0.05) is 24.3 Å². The molecule has 0 radical (unpaired) electrons. The van der Waals surface area contributed by atoms with Crippen molar-refractivity contribution in [1.29, 1.82) is 0 Å². The zero-order valence-electron chi connectivity index (χ0n) is 11.6. The van der Waals surface area contributed by atoms with Gasteiger partial charge in [0.15, 0.2) is 0 Å². The van der Waals surface area contributed by atoms with E-state index in [1.807, 2.05) is 0 Å². The number of nitrogens with one attached hydrogen (secondary N) is 2. The van der Waals surface area contributed by atoms with Gasteiger partial charge >= 0.3 is 0 Å². The molecule has 0 aromatic heterocycles. The lowest BCUT2D eigenvalue weighted by Gasteiger charge is -2.33. The monoisotopic (exact) mass is 247 g/mol. The maximum absolute atomic E-state index is 3.58. The third kappa shape index (κ3) is 3.80. The number of aryl methyl sites for hydroxylation is 1. The maximum Gasteiger partial charge on any atom is 0.0208 e. The van der Waals surface area contributed by atoms with E-state index in [9.17, 15) is 0 Å². The van der Waals surface area contributed by atoms with Crippen LogP contribution in [0.4, 0.5) is 0 Å². The first-order valence-corrected chi connectivity index (χ1v) is 6.97. The zero-order valence-corrected chi connectivity index (χ0v) is 11.6. The first-order chi connectivity index (χ1) is 8.77. The second kappa shape index (κ2) is 6.88. The molecule has 1 heterocycles. The lowest BCUT2D eigenvalue weighted by atomic mass is 10.1. The molecule has 2 N–H and O–H groups in total. The van der Waals surface area contributed by atoms with Gasteiger partial charge in [0.1, 0.15) is 0 Å². The van der Waals surface area contributed by atoms with Crippen molar-refractivity contribution in [2.45, 2.75) is 26.4 Å². The normalized spacial score (nSPS) is 18.8. The molecule has 0 spiro atoms. The van der Waals surface area contributed by atoms with E-state index in [-0.39, 0.29) is 0 Å². The summed E-state index contributed by atoms with van der Waals surface area (Å²) in [5, 5.41) is 6.97. The SMILES string of the molecule is Cc1ccccc1CNCC(C)N1CCNCC1. The molecule has 1 aromatic carbocycles.